The maximum Gasteiger partial charge on any atom is 0.309 e. The summed E-state index contributed by atoms with van der Waals surface area (Å²) in [7, 11) is 2.77. The molecule has 5 nitrogen and oxygen atoms in total. The highest BCUT2D eigenvalue weighted by Crippen LogP contribution is 2.24. The maximum atomic E-state index is 11.1. The lowest BCUT2D eigenvalue weighted by molar-refractivity contribution is -0.139. The van der Waals surface area contributed by atoms with Crippen molar-refractivity contribution < 1.29 is 18.8 Å². The van der Waals surface area contributed by atoms with Gasteiger partial charge in [-0.2, -0.15) is 0 Å². The molecule has 1 unspecified atom stereocenters. The van der Waals surface area contributed by atoms with Crippen LogP contribution in [0, 0.1) is 0 Å². The van der Waals surface area contributed by atoms with E-state index < -0.39 is 11.4 Å². The lowest BCUT2D eigenvalue weighted by Gasteiger charge is -2.09. The number of carbonyl (C=O) groups excluding carboxylic acids is 1. The van der Waals surface area contributed by atoms with E-state index in [1.807, 2.05) is 0 Å². The molecule has 1 atom stereocenters. The minimum atomic E-state index is -1.60. The molecular formula is C10H13NO4S. The first-order valence-corrected chi connectivity index (χ1v) is 5.69. The summed E-state index contributed by atoms with van der Waals surface area (Å²) in [5.74, 6) is 0.0610. The molecule has 1 aromatic carbocycles. The molecule has 0 amide bonds. The van der Waals surface area contributed by atoms with E-state index in [1.165, 1.54) is 14.2 Å². The number of esters is 1. The smallest absolute Gasteiger partial charge is 0.309 e. The van der Waals surface area contributed by atoms with E-state index in [-0.39, 0.29) is 12.4 Å². The Labute approximate surface area is 96.8 Å². The Hall–Kier alpha value is -1.24. The van der Waals surface area contributed by atoms with E-state index in [9.17, 15) is 9.35 Å². The van der Waals surface area contributed by atoms with Crippen molar-refractivity contribution in [2.24, 2.45) is 5.14 Å². The van der Waals surface area contributed by atoms with Crippen molar-refractivity contribution in [1.29, 1.82) is 0 Å². The van der Waals surface area contributed by atoms with Crippen molar-refractivity contribution in [2.45, 2.75) is 11.3 Å². The van der Waals surface area contributed by atoms with Crippen LogP contribution in [0.5, 0.6) is 5.75 Å². The summed E-state index contributed by atoms with van der Waals surface area (Å²) in [6.07, 6.45) is 0.143. The zero-order valence-corrected chi connectivity index (χ0v) is 9.87. The third-order valence-electron chi connectivity index (χ3n) is 2.02. The predicted molar refractivity (Wildman–Crippen MR) is 59.3 cm³/mol. The standard InChI is InChI=1S/C10H13NO4S/c1-14-8-5-7(6-10(12)15-2)3-4-9(8)16(11)13/h3-5H,6,11H2,1-2H3. The molecule has 1 aromatic rings. The van der Waals surface area contributed by atoms with E-state index in [4.69, 9.17) is 9.88 Å². The van der Waals surface area contributed by atoms with Crippen LogP contribution in [0.1, 0.15) is 5.56 Å². The molecule has 0 fully saturated rings. The second-order valence-electron chi connectivity index (χ2n) is 3.04. The third-order valence-corrected chi connectivity index (χ3v) is 2.79. The monoisotopic (exact) mass is 243 g/mol. The van der Waals surface area contributed by atoms with E-state index >= 15 is 0 Å². The first-order chi connectivity index (χ1) is 7.58. The molecule has 16 heavy (non-hydrogen) atoms. The largest absolute Gasteiger partial charge is 0.593 e. The summed E-state index contributed by atoms with van der Waals surface area (Å²) < 4.78 is 20.7. The van der Waals surface area contributed by atoms with Gasteiger partial charge in [0.2, 0.25) is 4.90 Å². The Morgan fingerprint density at radius 2 is 2.19 bits per heavy atom. The van der Waals surface area contributed by atoms with Crippen LogP contribution in [-0.4, -0.2) is 24.7 Å². The molecule has 0 radical (unpaired) electrons. The lowest BCUT2D eigenvalue weighted by atomic mass is 10.1. The number of rotatable bonds is 4. The van der Waals surface area contributed by atoms with Crippen LogP contribution in [0.25, 0.3) is 0 Å². The summed E-state index contributed by atoms with van der Waals surface area (Å²) in [5, 5.41) is 5.27. The Bertz CT molecular complexity index is 381. The molecule has 0 spiro atoms. The van der Waals surface area contributed by atoms with Crippen LogP contribution in [0.3, 0.4) is 0 Å². The minimum absolute atomic E-state index is 0.143. The van der Waals surface area contributed by atoms with Crippen LogP contribution in [0.4, 0.5) is 0 Å². The van der Waals surface area contributed by atoms with Gasteiger partial charge in [0.1, 0.15) is 0 Å². The lowest BCUT2D eigenvalue weighted by Crippen LogP contribution is -2.14. The molecular weight excluding hydrogens is 230 g/mol. The first kappa shape index (κ1) is 12.8. The summed E-state index contributed by atoms with van der Waals surface area (Å²) in [5.41, 5.74) is 0.720. The van der Waals surface area contributed by atoms with Crippen molar-refractivity contribution in [3.63, 3.8) is 0 Å². The molecule has 0 bridgehead atoms. The van der Waals surface area contributed by atoms with Gasteiger partial charge in [-0.3, -0.25) is 4.79 Å². The number of ether oxygens (including phenoxy) is 2. The van der Waals surface area contributed by atoms with Crippen LogP contribution in [0.15, 0.2) is 23.1 Å². The van der Waals surface area contributed by atoms with Crippen LogP contribution < -0.4 is 9.88 Å². The molecule has 0 aliphatic heterocycles. The quantitative estimate of drug-likeness (QED) is 0.611. The number of nitrogens with two attached hydrogens (primary N) is 1. The van der Waals surface area contributed by atoms with E-state index in [2.05, 4.69) is 4.74 Å². The van der Waals surface area contributed by atoms with Crippen LogP contribution >= 0.6 is 0 Å². The van der Waals surface area contributed by atoms with Gasteiger partial charge in [0, 0.05) is 0 Å². The first-order valence-electron chi connectivity index (χ1n) is 4.48. The second-order valence-corrected chi connectivity index (χ2v) is 4.07. The highest BCUT2D eigenvalue weighted by Gasteiger charge is 2.15. The van der Waals surface area contributed by atoms with Crippen molar-refractivity contribution >= 4 is 17.3 Å². The fourth-order valence-corrected chi connectivity index (χ4v) is 1.77. The van der Waals surface area contributed by atoms with Gasteiger partial charge in [0.05, 0.1) is 32.0 Å². The van der Waals surface area contributed by atoms with Gasteiger partial charge in [-0.1, -0.05) is 6.07 Å². The van der Waals surface area contributed by atoms with E-state index in [0.717, 1.165) is 5.56 Å². The molecule has 0 saturated heterocycles. The van der Waals surface area contributed by atoms with Gasteiger partial charge < -0.3 is 14.0 Å². The molecule has 0 heterocycles. The SMILES string of the molecule is COC(=O)Cc1ccc([S+](N)[O-])c(OC)c1. The van der Waals surface area contributed by atoms with Crippen LogP contribution in [-0.2, 0) is 27.3 Å². The van der Waals surface area contributed by atoms with Crippen LogP contribution in [0.2, 0.25) is 0 Å². The van der Waals surface area contributed by atoms with E-state index in [0.29, 0.717) is 10.6 Å². The molecule has 1 rings (SSSR count). The number of methoxy groups -OCH3 is 2. The summed E-state index contributed by atoms with van der Waals surface area (Å²) in [4.78, 5) is 11.5. The summed E-state index contributed by atoms with van der Waals surface area (Å²) in [6.45, 7) is 0. The third kappa shape index (κ3) is 3.13. The zero-order chi connectivity index (χ0) is 12.1. The zero-order valence-electron chi connectivity index (χ0n) is 9.06. The Morgan fingerprint density at radius 3 is 2.69 bits per heavy atom. The minimum Gasteiger partial charge on any atom is -0.593 e. The fraction of sp³-hybridized carbons (Fsp3) is 0.300. The summed E-state index contributed by atoms with van der Waals surface area (Å²) in [6, 6.07) is 4.86. The van der Waals surface area contributed by atoms with Gasteiger partial charge in [-0.05, 0) is 17.7 Å². The topological polar surface area (TPSA) is 84.6 Å². The van der Waals surface area contributed by atoms with Crippen molar-refractivity contribution in [2.75, 3.05) is 14.2 Å². The van der Waals surface area contributed by atoms with Gasteiger partial charge in [-0.15, -0.1) is 5.14 Å². The molecule has 2 N–H and O–H groups in total. The van der Waals surface area contributed by atoms with Crippen molar-refractivity contribution in [3.05, 3.63) is 23.8 Å². The molecule has 0 aliphatic rings. The van der Waals surface area contributed by atoms with Gasteiger partial charge in [-0.25, -0.2) is 0 Å². The number of carbonyl (C=O) groups is 1. The maximum absolute atomic E-state index is 11.1. The number of benzene rings is 1. The average molecular weight is 243 g/mol. The predicted octanol–water partition coefficient (Wildman–Crippen LogP) is 0.392. The second kappa shape index (κ2) is 5.74. The average Bonchev–Trinajstić information content (AvgIpc) is 2.28. The summed E-state index contributed by atoms with van der Waals surface area (Å²) >= 11 is -1.60. The van der Waals surface area contributed by atoms with Crippen molar-refractivity contribution in [3.8, 4) is 5.75 Å². The highest BCUT2D eigenvalue weighted by molar-refractivity contribution is 7.89. The van der Waals surface area contributed by atoms with Crippen molar-refractivity contribution in [1.82, 2.24) is 0 Å². The Balaban J connectivity index is 2.95. The van der Waals surface area contributed by atoms with E-state index in [1.54, 1.807) is 18.2 Å². The molecule has 0 aliphatic carbocycles. The van der Waals surface area contributed by atoms with Gasteiger partial charge in [0.15, 0.2) is 5.75 Å². The Morgan fingerprint density at radius 1 is 1.50 bits per heavy atom. The fourth-order valence-electron chi connectivity index (χ4n) is 1.23. The number of hydrogen-bond acceptors (Lipinski definition) is 5. The highest BCUT2D eigenvalue weighted by atomic mass is 32.2. The normalized spacial score (nSPS) is 12.0. The molecule has 0 saturated carbocycles. The molecule has 88 valence electrons. The molecule has 0 aromatic heterocycles. The van der Waals surface area contributed by atoms with Gasteiger partial charge >= 0.3 is 5.97 Å². The Kier molecular flexibility index (Phi) is 4.60. The van der Waals surface area contributed by atoms with Gasteiger partial charge in [0.25, 0.3) is 0 Å². The molecule has 6 heteroatoms. The number of hydrogen-bond donors (Lipinski definition) is 1.